The Labute approximate surface area is 212 Å². The van der Waals surface area contributed by atoms with Gasteiger partial charge in [-0.15, -0.1) is 0 Å². The number of rotatable bonds is 9. The van der Waals surface area contributed by atoms with Gasteiger partial charge in [-0.05, 0) is 55.5 Å². The van der Waals surface area contributed by atoms with Crippen molar-refractivity contribution in [1.29, 1.82) is 0 Å². The topological polar surface area (TPSA) is 106 Å². The molecule has 1 aromatic heterocycles. The van der Waals surface area contributed by atoms with E-state index in [-0.39, 0.29) is 23.8 Å². The lowest BCUT2D eigenvalue weighted by Gasteiger charge is -2.26. The first kappa shape index (κ1) is 25.8. The van der Waals surface area contributed by atoms with Crippen molar-refractivity contribution < 1.29 is 22.5 Å². The molecule has 10 heteroatoms. The second kappa shape index (κ2) is 11.2. The normalized spacial score (nSPS) is 14.5. The van der Waals surface area contributed by atoms with Crippen LogP contribution in [-0.4, -0.2) is 60.9 Å². The molecule has 2 aromatic carbocycles. The van der Waals surface area contributed by atoms with Crippen LogP contribution in [0.5, 0.6) is 5.75 Å². The van der Waals surface area contributed by atoms with Gasteiger partial charge in [0.25, 0.3) is 0 Å². The summed E-state index contributed by atoms with van der Waals surface area (Å²) in [6.07, 6.45) is 3.31. The summed E-state index contributed by atoms with van der Waals surface area (Å²) in [7, 11) is -0.364. The minimum Gasteiger partial charge on any atom is -0.496 e. The Bertz CT molecular complexity index is 1320. The molecule has 1 saturated heterocycles. The van der Waals surface area contributed by atoms with Crippen LogP contribution in [0.3, 0.4) is 0 Å². The summed E-state index contributed by atoms with van der Waals surface area (Å²) in [5.41, 5.74) is 2.60. The first-order valence-corrected chi connectivity index (χ1v) is 13.5. The highest BCUT2D eigenvalue weighted by Crippen LogP contribution is 2.27. The second-order valence-electron chi connectivity index (χ2n) is 9.01. The molecule has 0 aliphatic carbocycles. The third-order valence-corrected chi connectivity index (χ3v) is 8.36. The molecule has 0 N–H and O–H groups in total. The average molecular weight is 513 g/mol. The number of hydrogen-bond donors (Lipinski definition) is 0. The summed E-state index contributed by atoms with van der Waals surface area (Å²) in [6.45, 7) is 3.22. The van der Waals surface area contributed by atoms with Crippen LogP contribution in [0.15, 0.2) is 51.9 Å². The molecule has 192 valence electrons. The van der Waals surface area contributed by atoms with E-state index in [9.17, 15) is 13.2 Å². The van der Waals surface area contributed by atoms with E-state index >= 15 is 0 Å². The molecule has 0 spiro atoms. The molecule has 4 rings (SSSR count). The van der Waals surface area contributed by atoms with E-state index in [2.05, 4.69) is 10.1 Å². The van der Waals surface area contributed by atoms with Crippen molar-refractivity contribution in [2.24, 2.45) is 0 Å². The fraction of sp³-hybridized carbons (Fsp3) is 0.423. The molecular formula is C26H32N4O5S. The van der Waals surface area contributed by atoms with Gasteiger partial charge in [0.2, 0.25) is 27.6 Å². The van der Waals surface area contributed by atoms with Crippen molar-refractivity contribution in [3.8, 4) is 17.1 Å². The number of sulfonamides is 1. The van der Waals surface area contributed by atoms with Gasteiger partial charge in [-0.2, -0.15) is 9.29 Å². The number of piperidine rings is 1. The van der Waals surface area contributed by atoms with Gasteiger partial charge in [-0.1, -0.05) is 35.8 Å². The second-order valence-corrected chi connectivity index (χ2v) is 11.0. The van der Waals surface area contributed by atoms with Gasteiger partial charge < -0.3 is 14.2 Å². The van der Waals surface area contributed by atoms with Gasteiger partial charge in [0, 0.05) is 32.1 Å². The summed E-state index contributed by atoms with van der Waals surface area (Å²) in [5, 5.41) is 4.05. The van der Waals surface area contributed by atoms with Gasteiger partial charge in [0.1, 0.15) is 5.75 Å². The molecule has 9 nitrogen and oxygen atoms in total. The lowest BCUT2D eigenvalue weighted by molar-refractivity contribution is -0.130. The maximum absolute atomic E-state index is 13.1. The van der Waals surface area contributed by atoms with Crippen molar-refractivity contribution in [3.05, 3.63) is 59.5 Å². The number of carbonyl (C=O) groups excluding carboxylic acids is 1. The highest BCUT2D eigenvalue weighted by molar-refractivity contribution is 7.89. The van der Waals surface area contributed by atoms with Gasteiger partial charge in [0.05, 0.1) is 18.6 Å². The monoisotopic (exact) mass is 512 g/mol. The summed E-state index contributed by atoms with van der Waals surface area (Å²) < 4.78 is 38.5. The first-order chi connectivity index (χ1) is 17.3. The van der Waals surface area contributed by atoms with Crippen LogP contribution in [0.25, 0.3) is 11.4 Å². The molecule has 1 aliphatic heterocycles. The molecule has 0 atom stereocenters. The summed E-state index contributed by atoms with van der Waals surface area (Å²) in [5.74, 6) is 1.26. The number of amides is 1. The molecule has 1 aliphatic rings. The SMILES string of the molecule is COc1ccc(S(=O)(=O)N2CCCCC2)cc1CCC(=O)N(C)Cc1nc(-c2ccccc2C)no1. The van der Waals surface area contributed by atoms with E-state index in [1.54, 1.807) is 25.2 Å². The molecule has 3 aromatic rings. The van der Waals surface area contributed by atoms with E-state index in [0.29, 0.717) is 42.5 Å². The zero-order chi connectivity index (χ0) is 25.7. The minimum atomic E-state index is -3.57. The van der Waals surface area contributed by atoms with Crippen LogP contribution in [0.4, 0.5) is 0 Å². The van der Waals surface area contributed by atoms with Gasteiger partial charge >= 0.3 is 0 Å². The minimum absolute atomic E-state index is 0.128. The summed E-state index contributed by atoms with van der Waals surface area (Å²) in [6, 6.07) is 12.6. The molecule has 1 fully saturated rings. The third kappa shape index (κ3) is 5.76. The smallest absolute Gasteiger partial charge is 0.246 e. The molecule has 0 bridgehead atoms. The fourth-order valence-electron chi connectivity index (χ4n) is 4.34. The predicted octanol–water partition coefficient (Wildman–Crippen LogP) is 3.82. The van der Waals surface area contributed by atoms with Crippen LogP contribution in [-0.2, 0) is 27.8 Å². The standard InChI is InChI=1S/C26H32N4O5S/c1-19-9-5-6-10-22(19)26-27-24(35-28-26)18-29(2)25(31)14-11-20-17-21(12-13-23(20)34-3)36(32,33)30-15-7-4-8-16-30/h5-6,9-10,12-13,17H,4,7-8,11,14-16,18H2,1-3H3. The quantitative estimate of drug-likeness (QED) is 0.429. The number of benzene rings is 2. The Morgan fingerprint density at radius 1 is 1.14 bits per heavy atom. The zero-order valence-corrected chi connectivity index (χ0v) is 21.8. The first-order valence-electron chi connectivity index (χ1n) is 12.1. The molecule has 1 amide bonds. The van der Waals surface area contributed by atoms with Crippen molar-refractivity contribution in [2.45, 2.75) is 50.5 Å². The average Bonchev–Trinajstić information content (AvgIpc) is 3.35. The molecule has 2 heterocycles. The number of aromatic nitrogens is 2. The molecular weight excluding hydrogens is 480 g/mol. The Balaban J connectivity index is 1.41. The lowest BCUT2D eigenvalue weighted by atomic mass is 10.1. The lowest BCUT2D eigenvalue weighted by Crippen LogP contribution is -2.35. The highest BCUT2D eigenvalue weighted by atomic mass is 32.2. The highest BCUT2D eigenvalue weighted by Gasteiger charge is 2.27. The number of nitrogens with zero attached hydrogens (tertiary/aromatic N) is 4. The van der Waals surface area contributed by atoms with E-state index < -0.39 is 10.0 Å². The number of methoxy groups -OCH3 is 1. The van der Waals surface area contributed by atoms with Crippen LogP contribution in [0.1, 0.15) is 42.7 Å². The Hall–Kier alpha value is -3.24. The Morgan fingerprint density at radius 3 is 2.61 bits per heavy atom. The zero-order valence-electron chi connectivity index (χ0n) is 20.9. The van der Waals surface area contributed by atoms with Crippen LogP contribution in [0.2, 0.25) is 0 Å². The van der Waals surface area contributed by atoms with E-state index in [0.717, 1.165) is 30.4 Å². The third-order valence-electron chi connectivity index (χ3n) is 6.47. The van der Waals surface area contributed by atoms with Gasteiger partial charge in [0.15, 0.2) is 0 Å². The Kier molecular flexibility index (Phi) is 8.05. The maximum atomic E-state index is 13.1. The van der Waals surface area contributed by atoms with Crippen molar-refractivity contribution >= 4 is 15.9 Å². The van der Waals surface area contributed by atoms with Crippen molar-refractivity contribution in [3.63, 3.8) is 0 Å². The van der Waals surface area contributed by atoms with Crippen molar-refractivity contribution in [2.75, 3.05) is 27.2 Å². The number of aryl methyl sites for hydroxylation is 2. The van der Waals surface area contributed by atoms with Crippen LogP contribution >= 0.6 is 0 Å². The number of ether oxygens (including phenoxy) is 1. The Morgan fingerprint density at radius 2 is 1.89 bits per heavy atom. The maximum Gasteiger partial charge on any atom is 0.246 e. The van der Waals surface area contributed by atoms with E-state index in [1.165, 1.54) is 16.3 Å². The van der Waals surface area contributed by atoms with E-state index in [4.69, 9.17) is 9.26 Å². The number of carbonyl (C=O) groups is 1. The molecule has 0 saturated carbocycles. The van der Waals surface area contributed by atoms with Crippen LogP contribution < -0.4 is 4.74 Å². The summed E-state index contributed by atoms with van der Waals surface area (Å²) in [4.78, 5) is 19.0. The van der Waals surface area contributed by atoms with E-state index in [1.807, 2.05) is 31.2 Å². The molecule has 0 radical (unpaired) electrons. The molecule has 36 heavy (non-hydrogen) atoms. The largest absolute Gasteiger partial charge is 0.496 e. The van der Waals surface area contributed by atoms with Crippen LogP contribution in [0, 0.1) is 6.92 Å². The number of hydrogen-bond acceptors (Lipinski definition) is 7. The van der Waals surface area contributed by atoms with Gasteiger partial charge in [-0.25, -0.2) is 8.42 Å². The van der Waals surface area contributed by atoms with Crippen molar-refractivity contribution in [1.82, 2.24) is 19.3 Å². The fourth-order valence-corrected chi connectivity index (χ4v) is 5.91. The summed E-state index contributed by atoms with van der Waals surface area (Å²) >= 11 is 0. The molecule has 0 unspecified atom stereocenters. The van der Waals surface area contributed by atoms with Gasteiger partial charge in [-0.3, -0.25) is 4.79 Å². The predicted molar refractivity (Wildman–Crippen MR) is 135 cm³/mol.